The maximum atomic E-state index is 12.2. The molecule has 2 heterocycles. The highest BCUT2D eigenvalue weighted by Crippen LogP contribution is 2.15. The maximum Gasteiger partial charge on any atom is 0.289 e. The van der Waals surface area contributed by atoms with Crippen molar-refractivity contribution in [3.63, 3.8) is 0 Å². The molecule has 0 aliphatic carbocycles. The first-order chi connectivity index (χ1) is 8.66. The van der Waals surface area contributed by atoms with E-state index in [9.17, 15) is 4.79 Å². The number of nitrogens with zero attached hydrogens (tertiary/aromatic N) is 1. The molecule has 0 unspecified atom stereocenters. The fourth-order valence-electron chi connectivity index (χ4n) is 2.15. The summed E-state index contributed by atoms with van der Waals surface area (Å²) in [6.45, 7) is 6.56. The zero-order valence-corrected chi connectivity index (χ0v) is 11.2. The highest BCUT2D eigenvalue weighted by molar-refractivity contribution is 5.91. The van der Waals surface area contributed by atoms with E-state index < -0.39 is 0 Å². The molecule has 0 bridgehead atoms. The van der Waals surface area contributed by atoms with Gasteiger partial charge in [-0.25, -0.2) is 0 Å². The fraction of sp³-hybridized carbons (Fsp3) is 0.643. The zero-order valence-electron chi connectivity index (χ0n) is 11.2. The first-order valence-electron chi connectivity index (χ1n) is 6.78. The molecule has 1 aromatic heterocycles. The van der Waals surface area contributed by atoms with Gasteiger partial charge in [-0.05, 0) is 31.4 Å². The van der Waals surface area contributed by atoms with Gasteiger partial charge in [-0.15, -0.1) is 0 Å². The molecule has 1 N–H and O–H groups in total. The van der Waals surface area contributed by atoms with Gasteiger partial charge in [0.2, 0.25) is 0 Å². The third-order valence-electron chi connectivity index (χ3n) is 3.20. The van der Waals surface area contributed by atoms with Gasteiger partial charge in [0.1, 0.15) is 5.76 Å². The average molecular weight is 250 g/mol. The molecule has 1 aromatic rings. The quantitative estimate of drug-likeness (QED) is 0.892. The lowest BCUT2D eigenvalue weighted by atomic mass is 10.1. The topological polar surface area (TPSA) is 45.5 Å². The van der Waals surface area contributed by atoms with Crippen LogP contribution in [0.2, 0.25) is 0 Å². The molecule has 1 aliphatic rings. The van der Waals surface area contributed by atoms with Crippen LogP contribution in [0.15, 0.2) is 16.5 Å². The van der Waals surface area contributed by atoms with Crippen LogP contribution in [0.5, 0.6) is 0 Å². The Kier molecular flexibility index (Phi) is 4.42. The summed E-state index contributed by atoms with van der Waals surface area (Å²) in [5.74, 6) is 1.33. The van der Waals surface area contributed by atoms with Crippen molar-refractivity contribution in [2.45, 2.75) is 45.7 Å². The summed E-state index contributed by atoms with van der Waals surface area (Å²) in [5, 5.41) is 3.27. The van der Waals surface area contributed by atoms with Crippen molar-refractivity contribution < 1.29 is 9.21 Å². The maximum absolute atomic E-state index is 12.2. The molecule has 1 aliphatic heterocycles. The lowest BCUT2D eigenvalue weighted by Gasteiger charge is -2.25. The number of hydrogen-bond acceptors (Lipinski definition) is 3. The van der Waals surface area contributed by atoms with Gasteiger partial charge < -0.3 is 14.6 Å². The van der Waals surface area contributed by atoms with Crippen LogP contribution in [0, 0.1) is 0 Å². The van der Waals surface area contributed by atoms with Gasteiger partial charge in [0, 0.05) is 19.1 Å². The van der Waals surface area contributed by atoms with Gasteiger partial charge in [0.25, 0.3) is 5.91 Å². The van der Waals surface area contributed by atoms with Crippen molar-refractivity contribution in [2.75, 3.05) is 13.1 Å². The molecular weight excluding hydrogens is 228 g/mol. The molecule has 0 radical (unpaired) electrons. The van der Waals surface area contributed by atoms with Gasteiger partial charge in [-0.3, -0.25) is 4.79 Å². The van der Waals surface area contributed by atoms with Gasteiger partial charge in [0.15, 0.2) is 5.76 Å². The minimum Gasteiger partial charge on any atom is -0.455 e. The molecule has 2 rings (SSSR count). The minimum absolute atomic E-state index is 0.0329. The molecule has 4 nitrogen and oxygen atoms in total. The van der Waals surface area contributed by atoms with Crippen LogP contribution in [0.4, 0.5) is 0 Å². The molecule has 0 spiro atoms. The standard InChI is InChI=1S/C14H22N2O2/c1-11(2)15-10-12-6-7-13(18-12)14(17)16-8-4-3-5-9-16/h6-7,11,15H,3-5,8-10H2,1-2H3. The second-order valence-electron chi connectivity index (χ2n) is 5.15. The average Bonchev–Trinajstić information content (AvgIpc) is 2.85. The largest absolute Gasteiger partial charge is 0.455 e. The van der Waals surface area contributed by atoms with Crippen LogP contribution in [-0.4, -0.2) is 29.9 Å². The van der Waals surface area contributed by atoms with Gasteiger partial charge in [-0.2, -0.15) is 0 Å². The third-order valence-corrected chi connectivity index (χ3v) is 3.20. The fourth-order valence-corrected chi connectivity index (χ4v) is 2.15. The Hall–Kier alpha value is -1.29. The second-order valence-corrected chi connectivity index (χ2v) is 5.15. The van der Waals surface area contributed by atoms with Gasteiger partial charge in [0.05, 0.1) is 6.54 Å². The van der Waals surface area contributed by atoms with Gasteiger partial charge >= 0.3 is 0 Å². The van der Waals surface area contributed by atoms with Crippen molar-refractivity contribution in [1.29, 1.82) is 0 Å². The summed E-state index contributed by atoms with van der Waals surface area (Å²) >= 11 is 0. The van der Waals surface area contributed by atoms with Crippen LogP contribution in [0.25, 0.3) is 0 Å². The summed E-state index contributed by atoms with van der Waals surface area (Å²) in [4.78, 5) is 14.1. The number of carbonyl (C=O) groups excluding carboxylic acids is 1. The van der Waals surface area contributed by atoms with Crippen molar-refractivity contribution in [1.82, 2.24) is 10.2 Å². The van der Waals surface area contributed by atoms with Gasteiger partial charge in [-0.1, -0.05) is 13.8 Å². The summed E-state index contributed by atoms with van der Waals surface area (Å²) in [7, 11) is 0. The van der Waals surface area contributed by atoms with Crippen molar-refractivity contribution in [3.8, 4) is 0 Å². The molecule has 1 fully saturated rings. The molecule has 1 amide bonds. The highest BCUT2D eigenvalue weighted by Gasteiger charge is 2.20. The van der Waals surface area contributed by atoms with Crippen molar-refractivity contribution in [3.05, 3.63) is 23.7 Å². The highest BCUT2D eigenvalue weighted by atomic mass is 16.4. The van der Waals surface area contributed by atoms with E-state index in [0.29, 0.717) is 18.3 Å². The number of rotatable bonds is 4. The van der Waals surface area contributed by atoms with Crippen LogP contribution in [-0.2, 0) is 6.54 Å². The van der Waals surface area contributed by atoms with E-state index in [4.69, 9.17) is 4.42 Å². The molecule has 0 aromatic carbocycles. The SMILES string of the molecule is CC(C)NCc1ccc(C(=O)N2CCCCC2)o1. The molecule has 0 saturated carbocycles. The number of likely N-dealkylation sites (tertiary alicyclic amines) is 1. The van der Waals surface area contributed by atoms with E-state index in [1.807, 2.05) is 11.0 Å². The summed E-state index contributed by atoms with van der Waals surface area (Å²) in [6.07, 6.45) is 3.44. The molecule has 100 valence electrons. The lowest BCUT2D eigenvalue weighted by molar-refractivity contribution is 0.0690. The predicted molar refractivity (Wildman–Crippen MR) is 70.4 cm³/mol. The van der Waals surface area contributed by atoms with E-state index in [1.165, 1.54) is 6.42 Å². The number of piperidine rings is 1. The predicted octanol–water partition coefficient (Wildman–Crippen LogP) is 2.40. The molecule has 0 atom stereocenters. The molecular formula is C14H22N2O2. The van der Waals surface area contributed by atoms with Crippen LogP contribution >= 0.6 is 0 Å². The first-order valence-corrected chi connectivity index (χ1v) is 6.78. The Morgan fingerprint density at radius 2 is 2.06 bits per heavy atom. The number of amides is 1. The Morgan fingerprint density at radius 1 is 1.33 bits per heavy atom. The first kappa shape index (κ1) is 13.1. The summed E-state index contributed by atoms with van der Waals surface area (Å²) in [6, 6.07) is 4.08. The van der Waals surface area contributed by atoms with E-state index in [-0.39, 0.29) is 5.91 Å². The third kappa shape index (κ3) is 3.35. The smallest absolute Gasteiger partial charge is 0.289 e. The normalized spacial score (nSPS) is 16.3. The van der Waals surface area contributed by atoms with Crippen LogP contribution in [0.3, 0.4) is 0 Å². The Morgan fingerprint density at radius 3 is 2.72 bits per heavy atom. The van der Waals surface area contributed by atoms with E-state index in [0.717, 1.165) is 31.7 Å². The molecule has 1 saturated heterocycles. The Labute approximate surface area is 108 Å². The van der Waals surface area contributed by atoms with Crippen molar-refractivity contribution >= 4 is 5.91 Å². The van der Waals surface area contributed by atoms with Crippen LogP contribution < -0.4 is 5.32 Å². The van der Waals surface area contributed by atoms with Crippen molar-refractivity contribution in [2.24, 2.45) is 0 Å². The molecule has 18 heavy (non-hydrogen) atoms. The number of nitrogens with one attached hydrogen (secondary N) is 1. The lowest BCUT2D eigenvalue weighted by Crippen LogP contribution is -2.35. The summed E-state index contributed by atoms with van der Waals surface area (Å²) in [5.41, 5.74) is 0. The second kappa shape index (κ2) is 6.05. The Balaban J connectivity index is 1.94. The minimum atomic E-state index is 0.0329. The van der Waals surface area contributed by atoms with E-state index >= 15 is 0 Å². The van der Waals surface area contributed by atoms with E-state index in [2.05, 4.69) is 19.2 Å². The Bertz CT molecular complexity index is 392. The number of furan rings is 1. The number of carbonyl (C=O) groups is 1. The van der Waals surface area contributed by atoms with Crippen LogP contribution in [0.1, 0.15) is 49.4 Å². The number of hydrogen-bond donors (Lipinski definition) is 1. The zero-order chi connectivity index (χ0) is 13.0. The monoisotopic (exact) mass is 250 g/mol. The van der Waals surface area contributed by atoms with E-state index in [1.54, 1.807) is 6.07 Å². The molecule has 4 heteroatoms. The summed E-state index contributed by atoms with van der Waals surface area (Å²) < 4.78 is 5.60.